The maximum atomic E-state index is 14.0. The molecule has 2 aliphatic heterocycles. The van der Waals surface area contributed by atoms with Crippen LogP contribution in [0.2, 0.25) is 0 Å². The van der Waals surface area contributed by atoms with E-state index in [0.717, 1.165) is 0 Å². The molecule has 410 valence electrons. The average molecular weight is 1060 g/mol. The molecule has 0 fully saturated rings. The summed E-state index contributed by atoms with van der Waals surface area (Å²) in [4.78, 5) is 139. The Bertz CT molecular complexity index is 2950. The van der Waals surface area contributed by atoms with Crippen molar-refractivity contribution in [2.24, 2.45) is 5.92 Å². The van der Waals surface area contributed by atoms with E-state index < -0.39 is 108 Å². The van der Waals surface area contributed by atoms with E-state index in [1.165, 1.54) is 12.1 Å². The monoisotopic (exact) mass is 1060 g/mol. The first-order valence-electron chi connectivity index (χ1n) is 25.4. The van der Waals surface area contributed by atoms with Crippen molar-refractivity contribution >= 4 is 80.3 Å². The number of oxazole rings is 1. The van der Waals surface area contributed by atoms with E-state index in [1.807, 2.05) is 0 Å². The highest BCUT2D eigenvalue weighted by Crippen LogP contribution is 2.32. The molecular formula is C54H67N11O12. The minimum absolute atomic E-state index is 0.0266. The van der Waals surface area contributed by atoms with Gasteiger partial charge in [0, 0.05) is 61.1 Å². The van der Waals surface area contributed by atoms with E-state index in [0.29, 0.717) is 38.7 Å². The predicted molar refractivity (Wildman–Crippen MR) is 283 cm³/mol. The molecule has 2 amide bonds. The Kier molecular flexibility index (Phi) is 21.4. The molecule has 4 bridgehead atoms. The number of carbonyl (C=O) groups is 10. The van der Waals surface area contributed by atoms with Crippen LogP contribution in [0.3, 0.4) is 0 Å². The number of amides is 2. The number of aliphatic carboxylic acids is 1. The van der Waals surface area contributed by atoms with Gasteiger partial charge in [-0.1, -0.05) is 44.2 Å². The second-order valence-corrected chi connectivity index (χ2v) is 19.4. The molecule has 11 N–H and O–H groups in total. The van der Waals surface area contributed by atoms with Gasteiger partial charge in [0.2, 0.25) is 23.4 Å². The Morgan fingerprint density at radius 2 is 1.25 bits per heavy atom. The van der Waals surface area contributed by atoms with Gasteiger partial charge >= 0.3 is 5.97 Å². The van der Waals surface area contributed by atoms with Crippen molar-refractivity contribution in [3.05, 3.63) is 89.6 Å². The third-order valence-electron chi connectivity index (χ3n) is 13.1. The number of carboxylic acids is 1. The molecule has 23 nitrogen and oxygen atoms in total. The Morgan fingerprint density at radius 3 is 1.83 bits per heavy atom. The van der Waals surface area contributed by atoms with E-state index in [4.69, 9.17) is 9.40 Å². The molecule has 77 heavy (non-hydrogen) atoms. The van der Waals surface area contributed by atoms with Crippen LogP contribution in [0.5, 0.6) is 0 Å². The minimum Gasteiger partial charge on any atom is -0.480 e. The van der Waals surface area contributed by atoms with Gasteiger partial charge in [-0.15, -0.1) is 0 Å². The van der Waals surface area contributed by atoms with E-state index in [1.54, 1.807) is 95.4 Å². The molecule has 2 aliphatic rings. The number of Topliss-reactive ketones (excluding diaryl/α,β-unsaturated/α-hetero) is 7. The van der Waals surface area contributed by atoms with Crippen molar-refractivity contribution in [2.75, 3.05) is 46.2 Å². The summed E-state index contributed by atoms with van der Waals surface area (Å²) in [6, 6.07) is 12.9. The van der Waals surface area contributed by atoms with Gasteiger partial charge < -0.3 is 25.1 Å². The summed E-state index contributed by atoms with van der Waals surface area (Å²) in [6.07, 6.45) is 0.896. The first-order chi connectivity index (χ1) is 36.8. The number of aromatic amines is 1. The van der Waals surface area contributed by atoms with Gasteiger partial charge in [0.05, 0.1) is 63.2 Å². The fourth-order valence-corrected chi connectivity index (χ4v) is 8.34. The largest absolute Gasteiger partial charge is 0.480 e. The highest BCUT2D eigenvalue weighted by Gasteiger charge is 2.33. The number of carbonyl (C=O) groups excluding carboxylic acids is 9. The number of hydrogen-bond donors (Lipinski definition) is 11. The molecule has 23 heteroatoms. The highest BCUT2D eigenvalue weighted by atomic mass is 16.4. The van der Waals surface area contributed by atoms with Gasteiger partial charge in [-0.3, -0.25) is 85.2 Å². The molecule has 4 heterocycles. The van der Waals surface area contributed by atoms with E-state index in [-0.39, 0.29) is 76.1 Å². The van der Waals surface area contributed by atoms with E-state index in [9.17, 15) is 53.1 Å². The maximum absolute atomic E-state index is 14.0. The second kappa shape index (κ2) is 28.0. The minimum atomic E-state index is -1.25. The van der Waals surface area contributed by atoms with Crippen LogP contribution >= 0.6 is 0 Å². The summed E-state index contributed by atoms with van der Waals surface area (Å²) >= 11 is 0. The van der Waals surface area contributed by atoms with Crippen LogP contribution in [0.25, 0.3) is 33.5 Å². The molecular weight excluding hydrogens is 995 g/mol. The van der Waals surface area contributed by atoms with Crippen LogP contribution in [0.4, 0.5) is 0 Å². The second-order valence-electron chi connectivity index (χ2n) is 19.4. The predicted octanol–water partition coefficient (Wildman–Crippen LogP) is 0.396. The number of nitrogens with zero attached hydrogens (tertiary/aromatic N) is 1. The lowest BCUT2D eigenvalue weighted by Crippen LogP contribution is -2.55. The van der Waals surface area contributed by atoms with Crippen LogP contribution in [0, 0.1) is 5.92 Å². The standard InChI is InChI=1S/C54H67N11O12/c1-29(2)48-50(72)45(71)24-57-28-61-31(4)43(69)20-37(66)22-55-26-60-30(3)42(68)19-38(67)23-56-27-62-32(5)44(70)25-59-41(54(75)76)18-36-21-58-39-15-16-46-49(47(36)39)65-53(77-46)35-13-11-34(12-14-35)51(73)63-40(52(74)64-48)17-33-9-7-6-8-10-33/h6-16,21,29-32,40-41,48,55-62H,17-20,22-28H2,1-5H3,(H,63,73)(H,64,74)(H,75,76)/t30-,31-,32-,40-,41?,48-/m0/s1. The van der Waals surface area contributed by atoms with Crippen molar-refractivity contribution in [2.45, 2.75) is 96.6 Å². The van der Waals surface area contributed by atoms with Crippen molar-refractivity contribution in [1.29, 1.82) is 0 Å². The van der Waals surface area contributed by atoms with Crippen LogP contribution < -0.4 is 47.9 Å². The molecule has 1 unspecified atom stereocenters. The fourth-order valence-electron chi connectivity index (χ4n) is 8.34. The van der Waals surface area contributed by atoms with Gasteiger partial charge in [-0.25, -0.2) is 4.98 Å². The summed E-state index contributed by atoms with van der Waals surface area (Å²) in [6.45, 7) is 6.95. The Balaban J connectivity index is 1.19. The van der Waals surface area contributed by atoms with Crippen molar-refractivity contribution < 1.29 is 57.5 Å². The van der Waals surface area contributed by atoms with E-state index in [2.05, 4.69) is 52.8 Å². The first-order valence-corrected chi connectivity index (χ1v) is 25.4. The smallest absolute Gasteiger partial charge is 0.321 e. The zero-order valence-electron chi connectivity index (χ0n) is 43.6. The van der Waals surface area contributed by atoms with Crippen molar-refractivity contribution in [1.82, 2.24) is 57.8 Å². The van der Waals surface area contributed by atoms with E-state index >= 15 is 0 Å². The normalized spacial score (nSPS) is 23.2. The zero-order chi connectivity index (χ0) is 55.8. The number of rotatable bonds is 4. The van der Waals surface area contributed by atoms with Crippen LogP contribution in [-0.4, -0.2) is 156 Å². The average Bonchev–Trinajstić information content (AvgIpc) is 4.05. The van der Waals surface area contributed by atoms with Gasteiger partial charge in [-0.05, 0) is 74.2 Å². The third-order valence-corrected chi connectivity index (χ3v) is 13.1. The van der Waals surface area contributed by atoms with Crippen LogP contribution in [-0.2, 0) is 56.0 Å². The van der Waals surface area contributed by atoms with Crippen LogP contribution in [0.1, 0.15) is 68.9 Å². The summed E-state index contributed by atoms with van der Waals surface area (Å²) in [5.74, 6) is -6.51. The number of benzene rings is 3. The molecule has 6 atom stereocenters. The number of hydrogen-bond acceptors (Lipinski definition) is 19. The summed E-state index contributed by atoms with van der Waals surface area (Å²) in [5, 5.41) is 36.3. The first kappa shape index (κ1) is 58.7. The van der Waals surface area contributed by atoms with Gasteiger partial charge in [-0.2, -0.15) is 0 Å². The Morgan fingerprint density at radius 1 is 0.675 bits per heavy atom. The summed E-state index contributed by atoms with van der Waals surface area (Å²) in [7, 11) is 0. The molecule has 0 radical (unpaired) electrons. The van der Waals surface area contributed by atoms with Crippen molar-refractivity contribution in [3.8, 4) is 11.5 Å². The van der Waals surface area contributed by atoms with Gasteiger partial charge in [0.25, 0.3) is 5.91 Å². The summed E-state index contributed by atoms with van der Waals surface area (Å²) in [5.41, 5.74) is 3.51. The van der Waals surface area contributed by atoms with Crippen molar-refractivity contribution in [3.63, 3.8) is 0 Å². The summed E-state index contributed by atoms with van der Waals surface area (Å²) < 4.78 is 6.16. The number of nitrogens with one attached hydrogen (secondary N) is 10. The molecule has 0 aliphatic carbocycles. The Labute approximate surface area is 444 Å². The lowest BCUT2D eigenvalue weighted by atomic mass is 9.96. The molecule has 7 rings (SSSR count). The topological polar surface area (TPSA) is 341 Å². The number of aromatic nitrogens is 2. The number of H-pyrrole nitrogens is 1. The van der Waals surface area contributed by atoms with Gasteiger partial charge in [0.1, 0.15) is 17.6 Å². The number of ketones is 7. The highest BCUT2D eigenvalue weighted by molar-refractivity contribution is 6.40. The molecule has 3 aromatic carbocycles. The molecule has 0 saturated carbocycles. The quantitative estimate of drug-likeness (QED) is 0.0857. The molecule has 5 aromatic rings. The number of carboxylic acid groups (broad SMARTS) is 1. The third kappa shape index (κ3) is 16.7. The maximum Gasteiger partial charge on any atom is 0.321 e. The lowest BCUT2D eigenvalue weighted by molar-refractivity contribution is -0.139. The number of fused-ring (bicyclic) bond motifs is 35. The fraction of sp³-hybridized carbons (Fsp3) is 0.426. The molecule has 0 spiro atoms. The zero-order valence-corrected chi connectivity index (χ0v) is 43.6. The molecule has 0 saturated heterocycles. The van der Waals surface area contributed by atoms with Crippen LogP contribution in [0.15, 0.2) is 77.3 Å². The lowest BCUT2D eigenvalue weighted by Gasteiger charge is -2.25. The SMILES string of the molecule is CC(C)[C@@H]1NC(=O)[C@H](Cc2ccccc2)NC(=O)c2ccc(cc2)-c2nc3c(ccc4[nH]cc(c43)CC(C(=O)O)NCC(=O)[C@H](C)NCNCC(=O)CC(=O)[C@H](C)NCNCC(=O)CC(=O)[C@H](C)NCNCC(=O)C1=O)o2. The van der Waals surface area contributed by atoms with Gasteiger partial charge in [0.15, 0.2) is 34.5 Å². The molecule has 2 aromatic heterocycles. The Hall–Kier alpha value is -7.51.